The highest BCUT2D eigenvalue weighted by atomic mass is 16.4. The lowest BCUT2D eigenvalue weighted by atomic mass is 10.1. The van der Waals surface area contributed by atoms with Gasteiger partial charge in [0.15, 0.2) is 5.96 Å². The molecule has 1 rings (SSSR count). The minimum atomic E-state index is -1.23. The fourth-order valence-corrected chi connectivity index (χ4v) is 2.21. The number of nitrogens with zero attached hydrogens (tertiary/aromatic N) is 2. The van der Waals surface area contributed by atoms with E-state index in [1.807, 2.05) is 0 Å². The maximum atomic E-state index is 11.7. The largest absolute Gasteiger partial charge is 0.480 e. The first-order chi connectivity index (χ1) is 9.34. The van der Waals surface area contributed by atoms with E-state index in [1.54, 1.807) is 0 Å². The van der Waals surface area contributed by atoms with Crippen LogP contribution in [0.25, 0.3) is 0 Å². The zero-order valence-corrected chi connectivity index (χ0v) is 10.9. The summed E-state index contributed by atoms with van der Waals surface area (Å²) in [6.45, 7) is 0.228. The summed E-state index contributed by atoms with van der Waals surface area (Å²) in [5.74, 6) is -2.97. The normalized spacial score (nSPS) is 19.7. The summed E-state index contributed by atoms with van der Waals surface area (Å²) < 4.78 is 0. The highest BCUT2D eigenvalue weighted by molar-refractivity contribution is 5.91. The number of carbonyl (C=O) groups is 3. The topological polar surface area (TPSA) is 159 Å². The number of nitrogens with two attached hydrogens (primary N) is 2. The van der Waals surface area contributed by atoms with Crippen LogP contribution in [0.15, 0.2) is 4.99 Å². The molecule has 0 bridgehead atoms. The average Bonchev–Trinajstić information content (AvgIpc) is 2.70. The molecule has 1 heterocycles. The van der Waals surface area contributed by atoms with Crippen molar-refractivity contribution in [2.24, 2.45) is 16.5 Å². The third-order valence-corrected chi connectivity index (χ3v) is 3.09. The molecule has 9 heteroatoms. The van der Waals surface area contributed by atoms with Gasteiger partial charge in [0.2, 0.25) is 5.91 Å². The van der Waals surface area contributed by atoms with E-state index in [0.717, 1.165) is 4.90 Å². The zero-order valence-electron chi connectivity index (χ0n) is 10.9. The molecular weight excluding hydrogens is 268 g/mol. The minimum Gasteiger partial charge on any atom is -0.480 e. The van der Waals surface area contributed by atoms with E-state index in [0.29, 0.717) is 6.42 Å². The van der Waals surface area contributed by atoms with Crippen molar-refractivity contribution in [3.63, 3.8) is 0 Å². The third kappa shape index (κ3) is 3.84. The quantitative estimate of drug-likeness (QED) is 0.253. The van der Waals surface area contributed by atoms with Crippen molar-refractivity contribution in [1.82, 2.24) is 4.90 Å². The number of carboxylic acids is 2. The van der Waals surface area contributed by atoms with Crippen molar-refractivity contribution in [1.29, 1.82) is 0 Å². The summed E-state index contributed by atoms with van der Waals surface area (Å²) in [5, 5.41) is 18.2. The van der Waals surface area contributed by atoms with Crippen LogP contribution in [0.1, 0.15) is 25.7 Å². The monoisotopic (exact) mass is 286 g/mol. The molecular formula is C11H18N4O5. The first-order valence-corrected chi connectivity index (χ1v) is 6.16. The smallest absolute Gasteiger partial charge is 0.326 e. The molecule has 0 aliphatic carbocycles. The molecule has 0 aromatic heterocycles. The van der Waals surface area contributed by atoms with Crippen LogP contribution in [0.3, 0.4) is 0 Å². The lowest BCUT2D eigenvalue weighted by Gasteiger charge is -2.28. The number of likely N-dealkylation sites (tertiary alicyclic amines) is 1. The predicted octanol–water partition coefficient (Wildman–Crippen LogP) is -1.43. The fraction of sp³-hybridized carbons (Fsp3) is 0.636. The van der Waals surface area contributed by atoms with Gasteiger partial charge in [-0.3, -0.25) is 9.79 Å². The third-order valence-electron chi connectivity index (χ3n) is 3.09. The fourth-order valence-electron chi connectivity index (χ4n) is 2.21. The van der Waals surface area contributed by atoms with Crippen LogP contribution in [0.5, 0.6) is 0 Å². The highest BCUT2D eigenvalue weighted by Gasteiger charge is 2.42. The number of hydrogen-bond donors (Lipinski definition) is 4. The number of aliphatic imine (C=N–C) groups is 1. The first-order valence-electron chi connectivity index (χ1n) is 6.16. The van der Waals surface area contributed by atoms with Gasteiger partial charge >= 0.3 is 11.9 Å². The number of rotatable bonds is 7. The van der Waals surface area contributed by atoms with Crippen molar-refractivity contribution < 1.29 is 24.6 Å². The summed E-state index contributed by atoms with van der Waals surface area (Å²) in [4.78, 5) is 38.7. The van der Waals surface area contributed by atoms with Gasteiger partial charge in [-0.25, -0.2) is 9.59 Å². The molecule has 1 amide bonds. The van der Waals surface area contributed by atoms with Crippen molar-refractivity contribution in [3.05, 3.63) is 0 Å². The van der Waals surface area contributed by atoms with Crippen molar-refractivity contribution in [3.8, 4) is 0 Å². The number of carboxylic acid groups (broad SMARTS) is 2. The maximum Gasteiger partial charge on any atom is 0.326 e. The molecule has 0 unspecified atom stereocenters. The molecule has 0 aromatic carbocycles. The molecule has 0 radical (unpaired) electrons. The molecule has 1 fully saturated rings. The highest BCUT2D eigenvalue weighted by Crippen LogP contribution is 2.24. The Morgan fingerprint density at radius 1 is 1.40 bits per heavy atom. The maximum absolute atomic E-state index is 11.7. The molecule has 6 N–H and O–H groups in total. The number of hydrogen-bond acceptors (Lipinski definition) is 4. The first kappa shape index (κ1) is 15.7. The lowest BCUT2D eigenvalue weighted by Crippen LogP contribution is -2.49. The summed E-state index contributed by atoms with van der Waals surface area (Å²) in [6.07, 6.45) is 0.618. The molecule has 1 aliphatic heterocycles. The Morgan fingerprint density at radius 3 is 2.55 bits per heavy atom. The van der Waals surface area contributed by atoms with Gasteiger partial charge in [-0.2, -0.15) is 0 Å². The Balaban J connectivity index is 2.74. The van der Waals surface area contributed by atoms with Crippen LogP contribution in [-0.4, -0.2) is 57.5 Å². The zero-order chi connectivity index (χ0) is 15.3. The number of amides is 1. The molecule has 20 heavy (non-hydrogen) atoms. The molecule has 9 nitrogen and oxygen atoms in total. The lowest BCUT2D eigenvalue weighted by molar-refractivity contribution is -0.155. The van der Waals surface area contributed by atoms with Crippen LogP contribution in [0, 0.1) is 0 Å². The predicted molar refractivity (Wildman–Crippen MR) is 68.8 cm³/mol. The van der Waals surface area contributed by atoms with Gasteiger partial charge in [-0.1, -0.05) is 0 Å². The van der Waals surface area contributed by atoms with Gasteiger partial charge in [-0.15, -0.1) is 0 Å². The molecule has 0 spiro atoms. The molecule has 0 saturated carbocycles. The van der Waals surface area contributed by atoms with Crippen molar-refractivity contribution in [2.45, 2.75) is 37.8 Å². The van der Waals surface area contributed by atoms with Gasteiger partial charge < -0.3 is 26.6 Å². The summed E-state index contributed by atoms with van der Waals surface area (Å²) in [5.41, 5.74) is 10.3. The van der Waals surface area contributed by atoms with Crippen LogP contribution < -0.4 is 11.5 Å². The second kappa shape index (κ2) is 6.73. The standard InChI is InChI=1S/C11H18N4O5/c12-11(13)14-5-1-2-6(9(17)18)15-7(10(19)20)3-4-8(15)16/h6-7H,1-5H2,(H,17,18)(H,19,20)(H4,12,13,14)/t6-,7+/m0/s1. The van der Waals surface area contributed by atoms with E-state index >= 15 is 0 Å². The van der Waals surface area contributed by atoms with E-state index in [-0.39, 0.29) is 31.8 Å². The van der Waals surface area contributed by atoms with Gasteiger partial charge in [0.05, 0.1) is 0 Å². The van der Waals surface area contributed by atoms with Crippen LogP contribution in [-0.2, 0) is 14.4 Å². The summed E-state index contributed by atoms with van der Waals surface area (Å²) in [6, 6.07) is -2.24. The number of guanidine groups is 1. The number of aliphatic carboxylic acids is 2. The Morgan fingerprint density at radius 2 is 2.05 bits per heavy atom. The molecule has 2 atom stereocenters. The van der Waals surface area contributed by atoms with Crippen molar-refractivity contribution in [2.75, 3.05) is 6.54 Å². The van der Waals surface area contributed by atoms with Crippen LogP contribution >= 0.6 is 0 Å². The molecule has 1 saturated heterocycles. The van der Waals surface area contributed by atoms with Gasteiger partial charge in [0.1, 0.15) is 12.1 Å². The second-order valence-corrected chi connectivity index (χ2v) is 4.50. The SMILES string of the molecule is NC(N)=NCCC[C@@H](C(=O)O)N1C(=O)CC[C@@H]1C(=O)O. The van der Waals surface area contributed by atoms with E-state index < -0.39 is 29.9 Å². The van der Waals surface area contributed by atoms with Gasteiger partial charge in [-0.05, 0) is 19.3 Å². The van der Waals surface area contributed by atoms with Gasteiger partial charge in [0.25, 0.3) is 0 Å². The molecule has 112 valence electrons. The van der Waals surface area contributed by atoms with E-state index in [4.69, 9.17) is 16.6 Å². The van der Waals surface area contributed by atoms with Gasteiger partial charge in [0, 0.05) is 13.0 Å². The summed E-state index contributed by atoms with van der Waals surface area (Å²) in [7, 11) is 0. The summed E-state index contributed by atoms with van der Waals surface area (Å²) >= 11 is 0. The Bertz CT molecular complexity index is 433. The molecule has 1 aliphatic rings. The van der Waals surface area contributed by atoms with Crippen molar-refractivity contribution >= 4 is 23.8 Å². The van der Waals surface area contributed by atoms with E-state index in [9.17, 15) is 19.5 Å². The minimum absolute atomic E-state index is 0.0502. The second-order valence-electron chi connectivity index (χ2n) is 4.50. The Kier molecular flexibility index (Phi) is 5.30. The van der Waals surface area contributed by atoms with Crippen LogP contribution in [0.2, 0.25) is 0 Å². The van der Waals surface area contributed by atoms with Crippen LogP contribution in [0.4, 0.5) is 0 Å². The molecule has 0 aromatic rings. The Labute approximate surface area is 115 Å². The Hall–Kier alpha value is -2.32. The van der Waals surface area contributed by atoms with E-state index in [2.05, 4.69) is 4.99 Å². The van der Waals surface area contributed by atoms with E-state index in [1.165, 1.54) is 0 Å². The average molecular weight is 286 g/mol. The number of carbonyl (C=O) groups excluding carboxylic acids is 1.